The predicted molar refractivity (Wildman–Crippen MR) is 145 cm³/mol. The summed E-state index contributed by atoms with van der Waals surface area (Å²) >= 11 is 6.11. The monoisotopic (exact) mass is 606 g/mol. The van der Waals surface area contributed by atoms with Crippen LogP contribution in [0, 0.1) is 0 Å². The maximum Gasteiger partial charge on any atom is 0.310 e. The Hall–Kier alpha value is -4.10. The van der Waals surface area contributed by atoms with Gasteiger partial charge in [-0.05, 0) is 30.7 Å². The minimum Gasteiger partial charge on any atom is -0.433 e. The molecule has 4 amide bonds. The minimum absolute atomic E-state index is 0.0576. The summed E-state index contributed by atoms with van der Waals surface area (Å²) in [6, 6.07) is 9.25. The first-order valence-electron chi connectivity index (χ1n) is 13.0. The summed E-state index contributed by atoms with van der Waals surface area (Å²) in [4.78, 5) is 63.0. The Kier molecular flexibility index (Phi) is 9.42. The van der Waals surface area contributed by atoms with E-state index >= 15 is 0 Å². The molecule has 2 fully saturated rings. The summed E-state index contributed by atoms with van der Waals surface area (Å²) in [5, 5.41) is 7.52. The molecule has 4 unspecified atom stereocenters. The molecule has 2 saturated heterocycles. The van der Waals surface area contributed by atoms with Crippen LogP contribution in [0.3, 0.4) is 0 Å². The molecule has 0 aliphatic carbocycles. The lowest BCUT2D eigenvalue weighted by molar-refractivity contribution is -0.168. The molecule has 2 aromatic carbocycles. The number of benzene rings is 2. The molecule has 2 heterocycles. The molecule has 0 bridgehead atoms. The van der Waals surface area contributed by atoms with Gasteiger partial charge in [0.15, 0.2) is 0 Å². The smallest absolute Gasteiger partial charge is 0.310 e. The molecule has 4 rings (SSSR count). The number of nitrogens with zero attached hydrogens (tertiary/aromatic N) is 1. The molecule has 3 N–H and O–H groups in total. The number of nitrogens with one attached hydrogen (secondary N) is 3. The molecule has 0 radical (unpaired) electrons. The van der Waals surface area contributed by atoms with E-state index in [1.165, 1.54) is 32.0 Å². The summed E-state index contributed by atoms with van der Waals surface area (Å²) in [6.45, 7) is 1.64. The third kappa shape index (κ3) is 7.59. The van der Waals surface area contributed by atoms with Crippen molar-refractivity contribution < 1.29 is 42.2 Å². The number of carbonyl (C=O) groups is 5. The number of hydrogen-bond donors (Lipinski definition) is 3. The van der Waals surface area contributed by atoms with Gasteiger partial charge in [-0.25, -0.2) is 8.78 Å². The van der Waals surface area contributed by atoms with Crippen molar-refractivity contribution in [1.82, 2.24) is 15.5 Å². The summed E-state index contributed by atoms with van der Waals surface area (Å²) in [6.07, 6.45) is -2.32. The van der Waals surface area contributed by atoms with Gasteiger partial charge in [0.05, 0.1) is 30.3 Å². The minimum atomic E-state index is -3.36. The molecule has 42 heavy (non-hydrogen) atoms. The number of alkyl halides is 2. The number of likely N-dealkylation sites (tertiary alicyclic amines) is 1. The summed E-state index contributed by atoms with van der Waals surface area (Å²) in [7, 11) is 0. The SMILES string of the molecule is CC(=O)Nc1ccc(C(=O)NC(C)C(=O)N2CC(F)(F)CC2C(=O)NC2CC(=O)OC2OCc2ccccc2)cc1Cl. The number of rotatable bonds is 9. The van der Waals surface area contributed by atoms with Gasteiger partial charge in [-0.3, -0.25) is 24.0 Å². The number of carbonyl (C=O) groups excluding carboxylic acids is 5. The first-order valence-corrected chi connectivity index (χ1v) is 13.4. The van der Waals surface area contributed by atoms with E-state index in [1.54, 1.807) is 24.3 Å². The van der Waals surface area contributed by atoms with Crippen LogP contribution in [0.4, 0.5) is 14.5 Å². The van der Waals surface area contributed by atoms with Gasteiger partial charge in [-0.2, -0.15) is 0 Å². The maximum atomic E-state index is 14.5. The Morgan fingerprint density at radius 3 is 2.55 bits per heavy atom. The molecular formula is C28H29ClF2N4O7. The van der Waals surface area contributed by atoms with Gasteiger partial charge < -0.3 is 30.3 Å². The second kappa shape index (κ2) is 12.8. The molecule has 0 spiro atoms. The fraction of sp³-hybridized carbons (Fsp3) is 0.393. The van der Waals surface area contributed by atoms with Crippen molar-refractivity contribution in [2.75, 3.05) is 11.9 Å². The van der Waals surface area contributed by atoms with E-state index in [4.69, 9.17) is 21.1 Å². The van der Waals surface area contributed by atoms with E-state index in [-0.39, 0.29) is 35.2 Å². The molecule has 2 aliphatic heterocycles. The number of esters is 1. The van der Waals surface area contributed by atoms with Gasteiger partial charge in [0.25, 0.3) is 11.8 Å². The van der Waals surface area contributed by atoms with Crippen molar-refractivity contribution in [2.24, 2.45) is 0 Å². The molecule has 4 atom stereocenters. The summed E-state index contributed by atoms with van der Waals surface area (Å²) < 4.78 is 39.8. The normalized spacial score (nSPS) is 21.8. The number of amides is 4. The molecular weight excluding hydrogens is 578 g/mol. The third-order valence-corrected chi connectivity index (χ3v) is 6.98. The van der Waals surface area contributed by atoms with Crippen molar-refractivity contribution >= 4 is 46.9 Å². The zero-order valence-corrected chi connectivity index (χ0v) is 23.5. The van der Waals surface area contributed by atoms with Crippen molar-refractivity contribution in [1.29, 1.82) is 0 Å². The Bertz CT molecular complexity index is 1380. The zero-order chi connectivity index (χ0) is 30.6. The first-order chi connectivity index (χ1) is 19.8. The summed E-state index contributed by atoms with van der Waals surface area (Å²) in [5.74, 6) is -6.90. The van der Waals surface area contributed by atoms with Crippen LogP contribution in [-0.4, -0.2) is 71.4 Å². The third-order valence-electron chi connectivity index (χ3n) is 6.66. The van der Waals surface area contributed by atoms with E-state index < -0.39 is 67.0 Å². The van der Waals surface area contributed by atoms with Crippen LogP contribution in [0.2, 0.25) is 5.02 Å². The average molecular weight is 607 g/mol. The molecule has 0 aromatic heterocycles. The van der Waals surface area contributed by atoms with E-state index in [0.29, 0.717) is 4.90 Å². The zero-order valence-electron chi connectivity index (χ0n) is 22.7. The van der Waals surface area contributed by atoms with Crippen molar-refractivity contribution in [2.45, 2.75) is 63.6 Å². The van der Waals surface area contributed by atoms with E-state index in [1.807, 2.05) is 6.07 Å². The van der Waals surface area contributed by atoms with Crippen LogP contribution < -0.4 is 16.0 Å². The van der Waals surface area contributed by atoms with Gasteiger partial charge in [-0.15, -0.1) is 0 Å². The highest BCUT2D eigenvalue weighted by Crippen LogP contribution is 2.33. The van der Waals surface area contributed by atoms with E-state index in [9.17, 15) is 32.8 Å². The molecule has 224 valence electrons. The fourth-order valence-electron chi connectivity index (χ4n) is 4.66. The van der Waals surface area contributed by atoms with E-state index in [0.717, 1.165) is 5.56 Å². The van der Waals surface area contributed by atoms with Crippen LogP contribution in [0.25, 0.3) is 0 Å². The Labute approximate surface area is 244 Å². The lowest BCUT2D eigenvalue weighted by Crippen LogP contribution is -2.54. The van der Waals surface area contributed by atoms with Crippen LogP contribution in [0.1, 0.15) is 42.6 Å². The second-order valence-corrected chi connectivity index (χ2v) is 10.5. The van der Waals surface area contributed by atoms with Gasteiger partial charge >= 0.3 is 5.97 Å². The number of ether oxygens (including phenoxy) is 2. The van der Waals surface area contributed by atoms with Gasteiger partial charge in [0.1, 0.15) is 18.1 Å². The summed E-state index contributed by atoms with van der Waals surface area (Å²) in [5.41, 5.74) is 1.13. The van der Waals surface area contributed by atoms with Gasteiger partial charge in [-0.1, -0.05) is 41.9 Å². The number of cyclic esters (lactones) is 1. The van der Waals surface area contributed by atoms with Crippen LogP contribution in [0.15, 0.2) is 48.5 Å². The Morgan fingerprint density at radius 1 is 1.17 bits per heavy atom. The lowest BCUT2D eigenvalue weighted by atomic mass is 10.1. The largest absolute Gasteiger partial charge is 0.433 e. The maximum absolute atomic E-state index is 14.5. The average Bonchev–Trinajstić information content (AvgIpc) is 3.45. The number of halogens is 3. The molecule has 0 saturated carbocycles. The highest BCUT2D eigenvalue weighted by Gasteiger charge is 2.51. The van der Waals surface area contributed by atoms with Crippen LogP contribution >= 0.6 is 11.6 Å². The Balaban J connectivity index is 1.40. The lowest BCUT2D eigenvalue weighted by Gasteiger charge is -2.28. The van der Waals surface area contributed by atoms with Gasteiger partial charge in [0.2, 0.25) is 24.0 Å². The van der Waals surface area contributed by atoms with Crippen LogP contribution in [0.5, 0.6) is 0 Å². The van der Waals surface area contributed by atoms with Crippen molar-refractivity contribution in [3.8, 4) is 0 Å². The predicted octanol–water partition coefficient (Wildman–Crippen LogP) is 2.63. The topological polar surface area (TPSA) is 143 Å². The van der Waals surface area contributed by atoms with E-state index in [2.05, 4.69) is 16.0 Å². The first kappa shape index (κ1) is 30.8. The molecule has 2 aliphatic rings. The van der Waals surface area contributed by atoms with Gasteiger partial charge in [0, 0.05) is 18.9 Å². The quantitative estimate of drug-likeness (QED) is 0.372. The van der Waals surface area contributed by atoms with Crippen molar-refractivity contribution in [3.63, 3.8) is 0 Å². The van der Waals surface area contributed by atoms with Crippen molar-refractivity contribution in [3.05, 3.63) is 64.7 Å². The molecule has 11 nitrogen and oxygen atoms in total. The standard InChI is InChI=1S/C28H29ClF2N4O7/c1-15(32-24(38)18-8-9-20(19(29)10-18)33-16(2)36)26(40)35-14-28(30,31)12-22(35)25(39)34-21-11-23(37)42-27(21)41-13-17-6-4-3-5-7-17/h3-10,15,21-22,27H,11-14H2,1-2H3,(H,32,38)(H,33,36)(H,34,39). The number of anilines is 1. The fourth-order valence-corrected chi connectivity index (χ4v) is 4.88. The highest BCUT2D eigenvalue weighted by atomic mass is 35.5. The highest BCUT2D eigenvalue weighted by molar-refractivity contribution is 6.34. The Morgan fingerprint density at radius 2 is 1.88 bits per heavy atom. The second-order valence-electron chi connectivity index (χ2n) is 10.1. The van der Waals surface area contributed by atoms with Crippen LogP contribution in [-0.2, 0) is 35.3 Å². The molecule has 2 aromatic rings. The number of hydrogen-bond acceptors (Lipinski definition) is 7. The molecule has 14 heteroatoms.